The van der Waals surface area contributed by atoms with E-state index in [1.165, 1.54) is 0 Å². The summed E-state index contributed by atoms with van der Waals surface area (Å²) in [5.74, 6) is 1.98. The van der Waals surface area contributed by atoms with Gasteiger partial charge in [0.05, 0.1) is 12.2 Å². The van der Waals surface area contributed by atoms with Gasteiger partial charge in [0.15, 0.2) is 11.7 Å². The fourth-order valence-electron chi connectivity index (χ4n) is 1.96. The Hall–Kier alpha value is -1.56. The highest BCUT2D eigenvalue weighted by Crippen LogP contribution is 2.13. The molecule has 1 atom stereocenters. The number of nitrogens with zero attached hydrogens (tertiary/aromatic N) is 3. The smallest absolute Gasteiger partial charge is 0.191 e. The number of hydrogen-bond acceptors (Lipinski definition) is 4. The monoisotopic (exact) mass is 309 g/mol. The van der Waals surface area contributed by atoms with Gasteiger partial charge in [-0.1, -0.05) is 25.9 Å². The molecule has 0 aliphatic rings. The number of nitrogens with one attached hydrogen (secondary N) is 2. The summed E-state index contributed by atoms with van der Waals surface area (Å²) in [6.45, 7) is 11.1. The SMILES string of the molecule is CCC(C)N(C)CCNC(=NC)NCc1cc(C(C)C)no1. The summed E-state index contributed by atoms with van der Waals surface area (Å²) >= 11 is 0. The third-order valence-corrected chi connectivity index (χ3v) is 3.92. The van der Waals surface area contributed by atoms with Crippen LogP contribution in [0.2, 0.25) is 0 Å². The van der Waals surface area contributed by atoms with Crippen molar-refractivity contribution in [2.45, 2.75) is 52.6 Å². The molecule has 1 unspecified atom stereocenters. The van der Waals surface area contributed by atoms with Crippen LogP contribution in [0.4, 0.5) is 0 Å². The average molecular weight is 309 g/mol. The largest absolute Gasteiger partial charge is 0.359 e. The first-order chi connectivity index (χ1) is 10.5. The predicted octanol–water partition coefficient (Wildman–Crippen LogP) is 2.19. The molecular formula is C16H31N5O. The molecule has 0 bridgehead atoms. The van der Waals surface area contributed by atoms with Crippen LogP contribution in [0.1, 0.15) is 51.5 Å². The highest BCUT2D eigenvalue weighted by Gasteiger charge is 2.09. The average Bonchev–Trinajstić information content (AvgIpc) is 2.98. The molecule has 126 valence electrons. The van der Waals surface area contributed by atoms with Crippen molar-refractivity contribution in [3.8, 4) is 0 Å². The Balaban J connectivity index is 2.33. The van der Waals surface area contributed by atoms with Gasteiger partial charge in [-0.2, -0.15) is 0 Å². The summed E-state index contributed by atoms with van der Waals surface area (Å²) in [6.07, 6.45) is 1.16. The van der Waals surface area contributed by atoms with Gasteiger partial charge in [0, 0.05) is 32.2 Å². The topological polar surface area (TPSA) is 65.7 Å². The van der Waals surface area contributed by atoms with Gasteiger partial charge >= 0.3 is 0 Å². The van der Waals surface area contributed by atoms with Crippen molar-refractivity contribution in [3.63, 3.8) is 0 Å². The molecule has 0 fully saturated rings. The normalized spacial score (nSPS) is 13.7. The van der Waals surface area contributed by atoms with Gasteiger partial charge in [0.25, 0.3) is 0 Å². The molecule has 22 heavy (non-hydrogen) atoms. The predicted molar refractivity (Wildman–Crippen MR) is 91.2 cm³/mol. The highest BCUT2D eigenvalue weighted by atomic mass is 16.5. The van der Waals surface area contributed by atoms with Crippen molar-refractivity contribution in [1.82, 2.24) is 20.7 Å². The Bertz CT molecular complexity index is 455. The molecule has 1 aromatic rings. The van der Waals surface area contributed by atoms with E-state index in [0.717, 1.165) is 36.9 Å². The summed E-state index contributed by atoms with van der Waals surface area (Å²) in [5.41, 5.74) is 0.981. The summed E-state index contributed by atoms with van der Waals surface area (Å²) in [6, 6.07) is 2.59. The van der Waals surface area contributed by atoms with Crippen LogP contribution in [-0.2, 0) is 6.54 Å². The highest BCUT2D eigenvalue weighted by molar-refractivity contribution is 5.79. The van der Waals surface area contributed by atoms with Crippen LogP contribution >= 0.6 is 0 Å². The molecule has 1 rings (SSSR count). The van der Waals surface area contributed by atoms with E-state index in [1.807, 2.05) is 6.07 Å². The lowest BCUT2D eigenvalue weighted by Crippen LogP contribution is -2.42. The van der Waals surface area contributed by atoms with E-state index in [0.29, 0.717) is 18.5 Å². The van der Waals surface area contributed by atoms with E-state index >= 15 is 0 Å². The number of hydrogen-bond donors (Lipinski definition) is 2. The zero-order valence-corrected chi connectivity index (χ0v) is 14.8. The molecule has 0 aromatic carbocycles. The minimum atomic E-state index is 0.381. The second-order valence-electron chi connectivity index (χ2n) is 5.96. The first-order valence-corrected chi connectivity index (χ1v) is 8.08. The first kappa shape index (κ1) is 18.5. The van der Waals surface area contributed by atoms with Crippen LogP contribution in [0.15, 0.2) is 15.6 Å². The van der Waals surface area contributed by atoms with Crippen LogP contribution in [0.3, 0.4) is 0 Å². The standard InChI is InChI=1S/C16H31N5O/c1-7-13(4)21(6)9-8-18-16(17-5)19-11-14-10-15(12(2)3)20-22-14/h10,12-13H,7-9,11H2,1-6H3,(H2,17,18,19). The summed E-state index contributed by atoms with van der Waals surface area (Å²) in [4.78, 5) is 6.56. The third-order valence-electron chi connectivity index (χ3n) is 3.92. The second-order valence-corrected chi connectivity index (χ2v) is 5.96. The molecule has 0 saturated carbocycles. The molecule has 6 nitrogen and oxygen atoms in total. The number of guanidine groups is 1. The van der Waals surface area contributed by atoms with E-state index in [1.54, 1.807) is 7.05 Å². The van der Waals surface area contributed by atoms with Gasteiger partial charge in [-0.15, -0.1) is 0 Å². The Kier molecular flexibility index (Phi) is 7.95. The molecule has 0 aliphatic heterocycles. The van der Waals surface area contributed by atoms with Crippen molar-refractivity contribution in [2.24, 2.45) is 4.99 Å². The van der Waals surface area contributed by atoms with Crippen LogP contribution < -0.4 is 10.6 Å². The van der Waals surface area contributed by atoms with E-state index in [4.69, 9.17) is 4.52 Å². The molecule has 0 saturated heterocycles. The molecule has 6 heteroatoms. The molecule has 0 amide bonds. The van der Waals surface area contributed by atoms with Gasteiger partial charge in [0.2, 0.25) is 0 Å². The first-order valence-electron chi connectivity index (χ1n) is 8.08. The number of aromatic nitrogens is 1. The molecule has 0 radical (unpaired) electrons. The Morgan fingerprint density at radius 1 is 1.36 bits per heavy atom. The second kappa shape index (κ2) is 9.46. The maximum atomic E-state index is 5.31. The van der Waals surface area contributed by atoms with Crippen molar-refractivity contribution < 1.29 is 4.52 Å². The fourth-order valence-corrected chi connectivity index (χ4v) is 1.96. The van der Waals surface area contributed by atoms with Crippen LogP contribution in [-0.4, -0.2) is 49.2 Å². The Morgan fingerprint density at radius 3 is 2.64 bits per heavy atom. The summed E-state index contributed by atoms with van der Waals surface area (Å²) < 4.78 is 5.31. The number of rotatable bonds is 8. The number of likely N-dealkylation sites (N-methyl/N-ethyl adjacent to an activating group) is 1. The van der Waals surface area contributed by atoms with Gasteiger partial charge < -0.3 is 20.1 Å². The van der Waals surface area contributed by atoms with E-state index in [-0.39, 0.29) is 0 Å². The maximum Gasteiger partial charge on any atom is 0.191 e. The Morgan fingerprint density at radius 2 is 2.09 bits per heavy atom. The zero-order chi connectivity index (χ0) is 16.5. The van der Waals surface area contributed by atoms with E-state index < -0.39 is 0 Å². The number of aliphatic imine (C=N–C) groups is 1. The summed E-state index contributed by atoms with van der Waals surface area (Å²) in [7, 11) is 3.92. The van der Waals surface area contributed by atoms with Crippen LogP contribution in [0.25, 0.3) is 0 Å². The quantitative estimate of drug-likeness (QED) is 0.569. The molecule has 0 aliphatic carbocycles. The van der Waals surface area contributed by atoms with Crippen LogP contribution in [0.5, 0.6) is 0 Å². The van der Waals surface area contributed by atoms with E-state index in [9.17, 15) is 0 Å². The third kappa shape index (κ3) is 6.05. The summed E-state index contributed by atoms with van der Waals surface area (Å²) in [5, 5.41) is 10.6. The fraction of sp³-hybridized carbons (Fsp3) is 0.750. The molecular weight excluding hydrogens is 278 g/mol. The molecule has 0 spiro atoms. The molecule has 1 heterocycles. The minimum absolute atomic E-state index is 0.381. The van der Waals surface area contributed by atoms with Crippen molar-refractivity contribution >= 4 is 5.96 Å². The lowest BCUT2D eigenvalue weighted by atomic mass is 10.1. The maximum absolute atomic E-state index is 5.31. The van der Waals surface area contributed by atoms with E-state index in [2.05, 4.69) is 60.4 Å². The van der Waals surface area contributed by atoms with Crippen molar-refractivity contribution in [2.75, 3.05) is 27.2 Å². The lowest BCUT2D eigenvalue weighted by molar-refractivity contribution is 0.255. The lowest BCUT2D eigenvalue weighted by Gasteiger charge is -2.23. The van der Waals surface area contributed by atoms with Crippen molar-refractivity contribution in [1.29, 1.82) is 0 Å². The molecule has 2 N–H and O–H groups in total. The minimum Gasteiger partial charge on any atom is -0.359 e. The van der Waals surface area contributed by atoms with Crippen LogP contribution in [0, 0.1) is 0 Å². The zero-order valence-electron chi connectivity index (χ0n) is 14.8. The molecule has 1 aromatic heterocycles. The van der Waals surface area contributed by atoms with Gasteiger partial charge in [0.1, 0.15) is 0 Å². The van der Waals surface area contributed by atoms with Gasteiger partial charge in [-0.3, -0.25) is 4.99 Å². The Labute approximate surface area is 134 Å². The van der Waals surface area contributed by atoms with Gasteiger partial charge in [-0.05, 0) is 26.3 Å². The van der Waals surface area contributed by atoms with Crippen molar-refractivity contribution in [3.05, 3.63) is 17.5 Å². The van der Waals surface area contributed by atoms with Gasteiger partial charge in [-0.25, -0.2) is 0 Å².